The van der Waals surface area contributed by atoms with E-state index in [1.54, 1.807) is 48.9 Å². The van der Waals surface area contributed by atoms with Crippen molar-refractivity contribution in [3.63, 3.8) is 0 Å². The number of nitrogens with two attached hydrogens (primary N) is 1. The molecule has 5 aromatic carbocycles. The molecule has 0 aliphatic rings. The summed E-state index contributed by atoms with van der Waals surface area (Å²) in [6.07, 6.45) is 8.42. The molecule has 17 heteroatoms. The van der Waals surface area contributed by atoms with Crippen molar-refractivity contribution >= 4 is 45.9 Å². The summed E-state index contributed by atoms with van der Waals surface area (Å²) < 4.78 is 0. The molecule has 1 amide bonds. The number of carbonyl (C=O) groups excluding carboxylic acids is 2. The van der Waals surface area contributed by atoms with Crippen molar-refractivity contribution in [2.75, 3.05) is 58.7 Å². The fourth-order valence-electron chi connectivity index (χ4n) is 7.03. The van der Waals surface area contributed by atoms with Crippen molar-refractivity contribution in [1.82, 2.24) is 29.7 Å². The molecule has 3 unspecified atom stereocenters. The van der Waals surface area contributed by atoms with Crippen LogP contribution in [0.1, 0.15) is 65.9 Å². The molecule has 400 valence electrons. The monoisotopic (exact) mass is 1030 g/mol. The van der Waals surface area contributed by atoms with Gasteiger partial charge in [-0.2, -0.15) is 0 Å². The molecule has 17 nitrogen and oxygen atoms in total. The Labute approximate surface area is 447 Å². The van der Waals surface area contributed by atoms with Crippen LogP contribution in [-0.4, -0.2) is 112 Å². The largest absolute Gasteiger partial charge is 0.399 e. The number of carbonyl (C=O) groups is 2. The number of ketones is 1. The number of amides is 1. The molecular formula is C59H73N11O6. The second-order valence-electron chi connectivity index (χ2n) is 19.3. The van der Waals surface area contributed by atoms with E-state index in [-0.39, 0.29) is 28.0 Å². The molecule has 0 bridgehead atoms. The van der Waals surface area contributed by atoms with Crippen LogP contribution < -0.4 is 16.4 Å². The van der Waals surface area contributed by atoms with Gasteiger partial charge in [0.1, 0.15) is 11.6 Å². The number of non-ortho nitro benzene ring substituents is 2. The van der Waals surface area contributed by atoms with Gasteiger partial charge in [0.15, 0.2) is 5.82 Å². The lowest BCUT2D eigenvalue weighted by molar-refractivity contribution is -0.385. The van der Waals surface area contributed by atoms with E-state index in [2.05, 4.69) is 114 Å². The molecular weight excluding hydrogens is 959 g/mol. The molecule has 2 aromatic heterocycles. The first-order valence-electron chi connectivity index (χ1n) is 24.9. The van der Waals surface area contributed by atoms with Crippen LogP contribution >= 0.6 is 0 Å². The number of Topliss-reactive ketones (excluding diaryl/α,β-unsaturated/α-hetero) is 1. The van der Waals surface area contributed by atoms with E-state index in [9.17, 15) is 29.8 Å². The Kier molecular flexibility index (Phi) is 24.0. The van der Waals surface area contributed by atoms with Crippen molar-refractivity contribution in [1.29, 1.82) is 0 Å². The van der Waals surface area contributed by atoms with E-state index in [1.807, 2.05) is 87.7 Å². The lowest BCUT2D eigenvalue weighted by Gasteiger charge is -2.19. The number of nitrogen functional groups attached to an aromatic ring is 1. The fourth-order valence-corrected chi connectivity index (χ4v) is 7.03. The summed E-state index contributed by atoms with van der Waals surface area (Å²) in [5, 5.41) is 27.0. The average molecular weight is 1030 g/mol. The van der Waals surface area contributed by atoms with Gasteiger partial charge >= 0.3 is 0 Å². The summed E-state index contributed by atoms with van der Waals surface area (Å²) in [5.41, 5.74) is 15.1. The van der Waals surface area contributed by atoms with Gasteiger partial charge in [0, 0.05) is 95.6 Å². The predicted octanol–water partition coefficient (Wildman–Crippen LogP) is 10.9. The Balaban J connectivity index is 0.000000250. The van der Waals surface area contributed by atoms with Gasteiger partial charge in [0.25, 0.3) is 17.3 Å². The topological polar surface area (TPSA) is 219 Å². The van der Waals surface area contributed by atoms with Crippen molar-refractivity contribution in [3.05, 3.63) is 206 Å². The second kappa shape index (κ2) is 30.2. The predicted molar refractivity (Wildman–Crippen MR) is 306 cm³/mol. The van der Waals surface area contributed by atoms with Crippen molar-refractivity contribution in [2.45, 2.75) is 78.4 Å². The van der Waals surface area contributed by atoms with Crippen LogP contribution in [0.15, 0.2) is 152 Å². The average Bonchev–Trinajstić information content (AvgIpc) is 3.39. The third kappa shape index (κ3) is 20.9. The van der Waals surface area contributed by atoms with E-state index in [0.717, 1.165) is 58.6 Å². The number of nitrogens with one attached hydrogen (secondary N) is 2. The van der Waals surface area contributed by atoms with Crippen molar-refractivity contribution in [2.24, 2.45) is 0 Å². The molecule has 0 saturated heterocycles. The highest BCUT2D eigenvalue weighted by atomic mass is 16.6. The third-order valence-electron chi connectivity index (χ3n) is 12.5. The molecule has 76 heavy (non-hydrogen) atoms. The molecule has 0 aliphatic carbocycles. The molecule has 4 N–H and O–H groups in total. The number of hydrogen-bond acceptors (Lipinski definition) is 14. The van der Waals surface area contributed by atoms with Crippen LogP contribution in [0.3, 0.4) is 0 Å². The number of nitro benzene ring substituents is 2. The highest BCUT2D eigenvalue weighted by molar-refractivity contribution is 6.05. The van der Waals surface area contributed by atoms with Crippen LogP contribution in [0.2, 0.25) is 0 Å². The lowest BCUT2D eigenvalue weighted by atomic mass is 10.1. The van der Waals surface area contributed by atoms with Gasteiger partial charge in [-0.15, -0.1) is 0 Å². The van der Waals surface area contributed by atoms with E-state index in [4.69, 9.17) is 5.73 Å². The number of rotatable bonds is 18. The molecule has 0 saturated carbocycles. The molecule has 0 radical (unpaired) electrons. The molecule has 0 fully saturated rings. The van der Waals surface area contributed by atoms with Crippen LogP contribution in [0.25, 0.3) is 11.4 Å². The van der Waals surface area contributed by atoms with Crippen molar-refractivity contribution < 1.29 is 19.4 Å². The summed E-state index contributed by atoms with van der Waals surface area (Å²) in [7, 11) is 12.4. The Morgan fingerprint density at radius 2 is 1.11 bits per heavy atom. The minimum atomic E-state index is -0.461. The molecule has 7 rings (SSSR count). The van der Waals surface area contributed by atoms with Crippen LogP contribution in [-0.2, 0) is 30.5 Å². The molecule has 7 aromatic rings. The summed E-state index contributed by atoms with van der Waals surface area (Å²) in [5.74, 6) is 1.11. The van der Waals surface area contributed by atoms with E-state index in [0.29, 0.717) is 41.8 Å². The highest BCUT2D eigenvalue weighted by Gasteiger charge is 2.13. The number of likely N-dealkylation sites (N-methyl/N-ethyl adjacent to an activating group) is 3. The van der Waals surface area contributed by atoms with Gasteiger partial charge < -0.3 is 31.1 Å². The number of hydrogen-bond donors (Lipinski definition) is 3. The van der Waals surface area contributed by atoms with Crippen molar-refractivity contribution in [3.8, 4) is 11.4 Å². The summed E-state index contributed by atoms with van der Waals surface area (Å²) in [4.78, 5) is 63.1. The summed E-state index contributed by atoms with van der Waals surface area (Å²) in [6, 6.07) is 41.5. The molecule has 2 heterocycles. The smallest absolute Gasteiger partial charge is 0.269 e. The number of nitrogens with zero attached hydrogens (tertiary/aromatic N) is 8. The van der Waals surface area contributed by atoms with Gasteiger partial charge in [-0.25, -0.2) is 9.97 Å². The maximum Gasteiger partial charge on any atom is 0.269 e. The Hall–Kier alpha value is -8.25. The van der Waals surface area contributed by atoms with E-state index < -0.39 is 4.92 Å². The van der Waals surface area contributed by atoms with Crippen LogP contribution in [0.4, 0.5) is 34.3 Å². The number of pyridine rings is 1. The fraction of sp³-hybridized carbons (Fsp3) is 0.305. The first kappa shape index (κ1) is 60.3. The van der Waals surface area contributed by atoms with E-state index in [1.165, 1.54) is 30.2 Å². The zero-order chi connectivity index (χ0) is 55.9. The first-order chi connectivity index (χ1) is 36.1. The summed E-state index contributed by atoms with van der Waals surface area (Å²) in [6.45, 7) is 10.0. The quantitative estimate of drug-likeness (QED) is 0.0414. The highest BCUT2D eigenvalue weighted by Crippen LogP contribution is 2.24. The number of anilines is 4. The van der Waals surface area contributed by atoms with Gasteiger partial charge in [0.2, 0.25) is 0 Å². The Morgan fingerprint density at radius 3 is 1.55 bits per heavy atom. The molecule has 3 atom stereocenters. The zero-order valence-electron chi connectivity index (χ0n) is 45.6. The SMILES string of the molecule is CC(=O)Cc1ccc([N+](=O)[O-])cc1.CC(Cc1ccc(N)cc1)N(C)C.CC(Cc1ccc([N+](=O)[O-])cc1)N(C)C.Cc1ccc(C(=O)Nc2ccc(CC(C)N(C)C)cc2)cc1Nc1ccnc(-c2cccnc2)n1. The first-order valence-corrected chi connectivity index (χ1v) is 24.9. The third-order valence-corrected chi connectivity index (χ3v) is 12.5. The Bertz CT molecular complexity index is 2920. The van der Waals surface area contributed by atoms with Gasteiger partial charge in [-0.1, -0.05) is 54.6 Å². The lowest BCUT2D eigenvalue weighted by Crippen LogP contribution is -2.26. The summed E-state index contributed by atoms with van der Waals surface area (Å²) >= 11 is 0. The van der Waals surface area contributed by atoms with E-state index >= 15 is 0 Å². The molecule has 0 spiro atoms. The second-order valence-corrected chi connectivity index (χ2v) is 19.3. The molecule has 0 aliphatic heterocycles. The standard InChI is InChI=1S/C28H30N6O.C11H16N2O2.C11H18N2.C9H9NO3/c1-19-7-10-22(28(35)31-24-11-8-21(9-12-24)16-20(2)34(3)4)17-25(19)32-26-13-15-30-27(33-26)23-6-5-14-29-18-23;1-9(12(2)3)8-10-4-6-11(7-5-10)13(14)15;1-9(13(2)3)8-10-4-6-11(12)7-5-10;1-7(11)6-8-2-4-9(5-3-8)10(12)13/h5-15,17-18,20H,16H2,1-4H3,(H,31,35)(H,30,32,33);4-7,9H,8H2,1-3H3;4-7,9H,8,12H2,1-3H3;2-5H,6H2,1H3. The number of benzene rings is 5. The Morgan fingerprint density at radius 1 is 0.632 bits per heavy atom. The van der Waals surface area contributed by atoms with Gasteiger partial charge in [0.05, 0.1) is 9.85 Å². The minimum absolute atomic E-state index is 0.0484. The number of nitro groups is 2. The zero-order valence-corrected chi connectivity index (χ0v) is 45.6. The maximum atomic E-state index is 12.9. The maximum absolute atomic E-state index is 12.9. The van der Waals surface area contributed by atoms with Crippen LogP contribution in [0, 0.1) is 27.2 Å². The van der Waals surface area contributed by atoms with Gasteiger partial charge in [-0.3, -0.25) is 34.8 Å². The minimum Gasteiger partial charge on any atom is -0.399 e. The number of aromatic nitrogens is 3. The van der Waals surface area contributed by atoms with Crippen LogP contribution in [0.5, 0.6) is 0 Å². The number of aryl methyl sites for hydroxylation is 1. The normalized spacial score (nSPS) is 11.9. The van der Waals surface area contributed by atoms with Gasteiger partial charge in [-0.05, 0) is 179 Å².